The number of fused-ring (bicyclic) bond motifs is 1. The summed E-state index contributed by atoms with van der Waals surface area (Å²) < 4.78 is 5.40. The molecular formula is C20H28ClN5+2. The molecule has 2 aliphatic heterocycles. The van der Waals surface area contributed by atoms with E-state index in [2.05, 4.69) is 95.9 Å². The monoisotopic (exact) mass is 373 g/mol. The van der Waals surface area contributed by atoms with Crippen molar-refractivity contribution in [2.24, 2.45) is 0 Å². The Morgan fingerprint density at radius 1 is 0.885 bits per heavy atom. The Balaban J connectivity index is 0.00000196. The summed E-state index contributed by atoms with van der Waals surface area (Å²) in [6, 6.07) is 10.7. The molecule has 0 saturated carbocycles. The lowest BCUT2D eigenvalue weighted by atomic mass is 10.1. The summed E-state index contributed by atoms with van der Waals surface area (Å²) in [7, 11) is 8.93. The van der Waals surface area contributed by atoms with Crippen LogP contribution in [0.1, 0.15) is 12.8 Å². The van der Waals surface area contributed by atoms with E-state index < -0.39 is 0 Å². The van der Waals surface area contributed by atoms with Crippen LogP contribution in [0, 0.1) is 0 Å². The predicted octanol–water partition coefficient (Wildman–Crippen LogP) is -0.952. The Hall–Kier alpha value is -2.11. The van der Waals surface area contributed by atoms with Crippen molar-refractivity contribution >= 4 is 17.4 Å². The molecule has 0 unspecified atom stereocenters. The van der Waals surface area contributed by atoms with E-state index in [4.69, 9.17) is 0 Å². The van der Waals surface area contributed by atoms with Crippen molar-refractivity contribution in [1.82, 2.24) is 5.01 Å². The third-order valence-electron chi connectivity index (χ3n) is 5.29. The molecule has 0 spiro atoms. The van der Waals surface area contributed by atoms with Crippen LogP contribution in [-0.4, -0.2) is 71.8 Å². The second kappa shape index (κ2) is 6.89. The van der Waals surface area contributed by atoms with Gasteiger partial charge in [0, 0.05) is 4.70 Å². The van der Waals surface area contributed by atoms with Crippen molar-refractivity contribution in [3.8, 4) is 0 Å². The molecule has 138 valence electrons. The smallest absolute Gasteiger partial charge is 0.427 e. The molecule has 5 nitrogen and oxygen atoms in total. The highest BCUT2D eigenvalue weighted by molar-refractivity contribution is 6.42. The Morgan fingerprint density at radius 3 is 2.08 bits per heavy atom. The van der Waals surface area contributed by atoms with Gasteiger partial charge in [-0.15, -0.1) is 0 Å². The highest BCUT2D eigenvalue weighted by Crippen LogP contribution is 2.34. The van der Waals surface area contributed by atoms with Crippen LogP contribution in [0.4, 0.5) is 5.69 Å². The van der Waals surface area contributed by atoms with E-state index in [0.29, 0.717) is 4.70 Å². The SMILES string of the molecule is C[N+]1=C2C(=[N+](C)CC1)N(c1ccccc1)[N+](C)(C)N2C1=CCCC=C1.[Cl-]. The number of nitrogens with zero attached hydrogens (tertiary/aromatic N) is 5. The van der Waals surface area contributed by atoms with E-state index in [1.807, 2.05) is 0 Å². The molecule has 4 rings (SSSR count). The molecule has 3 aliphatic rings. The number of anilines is 1. The van der Waals surface area contributed by atoms with Gasteiger partial charge in [-0.1, -0.05) is 24.3 Å². The molecule has 1 aromatic rings. The van der Waals surface area contributed by atoms with E-state index in [0.717, 1.165) is 25.9 Å². The molecular weight excluding hydrogens is 346 g/mol. The standard InChI is InChI=1S/C20H28N5.ClH/c1-21-15-16-22(2)20-19(21)23(17-11-7-5-8-12-17)25(3,4)24(20)18-13-9-6-10-14-18;/h5,7-9,11-14H,6,10,15-16H2,1-4H3;1H/q+3;/p-1. The van der Waals surface area contributed by atoms with Crippen LogP contribution in [0.25, 0.3) is 0 Å². The van der Waals surface area contributed by atoms with Crippen LogP contribution in [0.3, 0.4) is 0 Å². The van der Waals surface area contributed by atoms with Crippen molar-refractivity contribution in [2.45, 2.75) is 12.8 Å². The van der Waals surface area contributed by atoms with E-state index in [1.165, 1.54) is 23.1 Å². The molecule has 0 atom stereocenters. The summed E-state index contributed by atoms with van der Waals surface area (Å²) in [5.74, 6) is 2.55. The fourth-order valence-corrected chi connectivity index (χ4v) is 4.05. The average Bonchev–Trinajstić information content (AvgIpc) is 2.88. The topological polar surface area (TPSA) is 12.5 Å². The first-order valence-corrected chi connectivity index (χ1v) is 9.05. The lowest BCUT2D eigenvalue weighted by Crippen LogP contribution is -3.00. The van der Waals surface area contributed by atoms with Gasteiger partial charge < -0.3 is 12.4 Å². The summed E-state index contributed by atoms with van der Waals surface area (Å²) in [5.41, 5.74) is 2.49. The minimum atomic E-state index is 0. The van der Waals surface area contributed by atoms with Crippen molar-refractivity contribution in [2.75, 3.05) is 46.3 Å². The highest BCUT2D eigenvalue weighted by atomic mass is 35.5. The molecule has 0 aromatic heterocycles. The van der Waals surface area contributed by atoms with Crippen LogP contribution in [0.2, 0.25) is 0 Å². The molecule has 1 saturated heterocycles. The van der Waals surface area contributed by atoms with Crippen LogP contribution in [0.5, 0.6) is 0 Å². The first kappa shape index (κ1) is 18.7. The number of para-hydroxylation sites is 1. The Kier molecular flexibility index (Phi) is 4.95. The Labute approximate surface area is 162 Å². The summed E-state index contributed by atoms with van der Waals surface area (Å²) in [6.07, 6.45) is 9.16. The lowest BCUT2D eigenvalue weighted by molar-refractivity contribution is -0.980. The summed E-state index contributed by atoms with van der Waals surface area (Å²) in [4.78, 5) is 0. The maximum atomic E-state index is 2.45. The third kappa shape index (κ3) is 2.75. The van der Waals surface area contributed by atoms with Gasteiger partial charge in [0.15, 0.2) is 11.4 Å². The number of hydrogen-bond acceptors (Lipinski definition) is 2. The molecule has 6 heteroatoms. The van der Waals surface area contributed by atoms with Crippen LogP contribution >= 0.6 is 0 Å². The van der Waals surface area contributed by atoms with Gasteiger partial charge in [-0.2, -0.15) is 0 Å². The van der Waals surface area contributed by atoms with Crippen LogP contribution < -0.4 is 17.4 Å². The summed E-state index contributed by atoms with van der Waals surface area (Å²) >= 11 is 0. The molecule has 0 amide bonds. The van der Waals surface area contributed by atoms with Crippen LogP contribution in [-0.2, 0) is 0 Å². The fourth-order valence-electron chi connectivity index (χ4n) is 4.05. The number of benzene rings is 1. The van der Waals surface area contributed by atoms with Crippen LogP contribution in [0.15, 0.2) is 54.3 Å². The van der Waals surface area contributed by atoms with Gasteiger partial charge in [0.25, 0.3) is 0 Å². The van der Waals surface area contributed by atoms with E-state index in [-0.39, 0.29) is 12.4 Å². The third-order valence-corrected chi connectivity index (χ3v) is 5.29. The quantitative estimate of drug-likeness (QED) is 0.489. The summed E-state index contributed by atoms with van der Waals surface area (Å²) in [6.45, 7) is 2.06. The van der Waals surface area contributed by atoms with Gasteiger partial charge in [0.2, 0.25) is 0 Å². The zero-order valence-electron chi connectivity index (χ0n) is 16.1. The molecule has 0 N–H and O–H groups in total. The number of halogens is 1. The number of hydrogen-bond donors (Lipinski definition) is 0. The minimum absolute atomic E-state index is 0. The van der Waals surface area contributed by atoms with Crippen molar-refractivity contribution in [3.05, 3.63) is 54.3 Å². The molecule has 1 fully saturated rings. The number of quaternary nitrogens is 1. The number of amidine groups is 2. The first-order valence-electron chi connectivity index (χ1n) is 9.05. The van der Waals surface area contributed by atoms with Gasteiger partial charge >= 0.3 is 11.7 Å². The second-order valence-electron chi connectivity index (χ2n) is 7.39. The number of likely N-dealkylation sites (N-methyl/N-ethyl adjacent to an activating group) is 2. The molecule has 0 bridgehead atoms. The molecule has 2 heterocycles. The minimum Gasteiger partial charge on any atom is -1.00 e. The Bertz CT molecular complexity index is 820. The van der Waals surface area contributed by atoms with Gasteiger partial charge in [-0.05, 0) is 47.1 Å². The maximum Gasteiger partial charge on any atom is 0.427 e. The van der Waals surface area contributed by atoms with Gasteiger partial charge in [-0.3, -0.25) is 0 Å². The summed E-state index contributed by atoms with van der Waals surface area (Å²) in [5, 5.41) is 4.88. The number of allylic oxidation sites excluding steroid dienone is 3. The average molecular weight is 374 g/mol. The van der Waals surface area contributed by atoms with Crippen molar-refractivity contribution in [3.63, 3.8) is 0 Å². The Morgan fingerprint density at radius 2 is 1.50 bits per heavy atom. The normalized spacial score (nSPS) is 21.6. The van der Waals surface area contributed by atoms with Gasteiger partial charge in [-0.25, -0.2) is 9.15 Å². The zero-order valence-corrected chi connectivity index (χ0v) is 16.8. The number of rotatable bonds is 2. The van der Waals surface area contributed by atoms with Gasteiger partial charge in [0.1, 0.15) is 27.2 Å². The maximum absolute atomic E-state index is 2.45. The van der Waals surface area contributed by atoms with Crippen molar-refractivity contribution in [1.29, 1.82) is 0 Å². The molecule has 1 aromatic carbocycles. The first-order chi connectivity index (χ1) is 12.0. The fraction of sp³-hybridized carbons (Fsp3) is 0.400. The van der Waals surface area contributed by atoms with Crippen molar-refractivity contribution < 1.29 is 26.3 Å². The predicted molar refractivity (Wildman–Crippen MR) is 101 cm³/mol. The lowest BCUT2D eigenvalue weighted by Gasteiger charge is -2.28. The molecule has 0 radical (unpaired) electrons. The van der Waals surface area contributed by atoms with E-state index in [1.54, 1.807) is 0 Å². The highest BCUT2D eigenvalue weighted by Gasteiger charge is 2.66. The molecule has 1 aliphatic carbocycles. The molecule has 26 heavy (non-hydrogen) atoms. The van der Waals surface area contributed by atoms with E-state index in [9.17, 15) is 0 Å². The van der Waals surface area contributed by atoms with E-state index >= 15 is 0 Å². The second-order valence-corrected chi connectivity index (χ2v) is 7.39. The zero-order chi connectivity index (χ0) is 17.6. The largest absolute Gasteiger partial charge is 1.00 e. The van der Waals surface area contributed by atoms with Gasteiger partial charge in [0.05, 0.1) is 14.1 Å².